The Bertz CT molecular complexity index is 638. The van der Waals surface area contributed by atoms with Crippen LogP contribution in [0.25, 0.3) is 0 Å². The number of aliphatic carboxylic acids is 2. The average Bonchev–Trinajstić information content (AvgIpc) is 2.60. The largest absolute Gasteiger partial charge is 0.493 e. The second-order valence-corrected chi connectivity index (χ2v) is 6.93. The fraction of sp³-hybridized carbons (Fsp3) is 0.524. The van der Waals surface area contributed by atoms with Crippen LogP contribution in [0.5, 0.6) is 5.75 Å². The van der Waals surface area contributed by atoms with Gasteiger partial charge in [-0.25, -0.2) is 9.59 Å². The number of hydrogen-bond donors (Lipinski definition) is 2. The van der Waals surface area contributed by atoms with Gasteiger partial charge in [-0.05, 0) is 45.2 Å². The number of aryl methyl sites for hydroxylation is 1. The van der Waals surface area contributed by atoms with Gasteiger partial charge in [0.05, 0.1) is 18.8 Å². The molecule has 1 heterocycles. The van der Waals surface area contributed by atoms with Crippen LogP contribution < -0.4 is 4.74 Å². The van der Waals surface area contributed by atoms with Crippen molar-refractivity contribution >= 4 is 11.9 Å². The Balaban J connectivity index is 0.000000568. The van der Waals surface area contributed by atoms with Gasteiger partial charge in [0.1, 0.15) is 5.75 Å². The van der Waals surface area contributed by atoms with Gasteiger partial charge >= 0.3 is 11.9 Å². The third-order valence-electron chi connectivity index (χ3n) is 4.13. The molecule has 0 saturated carbocycles. The van der Waals surface area contributed by atoms with Crippen LogP contribution in [0.4, 0.5) is 0 Å². The molecule has 0 aromatic heterocycles. The molecule has 1 aromatic rings. The van der Waals surface area contributed by atoms with Crippen molar-refractivity contribution in [2.24, 2.45) is 0 Å². The predicted molar refractivity (Wildman–Crippen MR) is 107 cm³/mol. The molecule has 0 bridgehead atoms. The third kappa shape index (κ3) is 9.01. The lowest BCUT2D eigenvalue weighted by Gasteiger charge is -2.35. The van der Waals surface area contributed by atoms with Crippen LogP contribution in [0.3, 0.4) is 0 Å². The topological polar surface area (TPSA) is 96.3 Å². The first-order valence-electron chi connectivity index (χ1n) is 9.40. The number of nitrogens with zero attached hydrogens (tertiary/aromatic N) is 1. The number of carboxylic acids is 2. The second kappa shape index (κ2) is 12.2. The molecular formula is C21H31NO6. The zero-order valence-corrected chi connectivity index (χ0v) is 16.9. The lowest BCUT2D eigenvalue weighted by molar-refractivity contribution is -0.159. The Morgan fingerprint density at radius 1 is 1.25 bits per heavy atom. The van der Waals surface area contributed by atoms with E-state index >= 15 is 0 Å². The van der Waals surface area contributed by atoms with Gasteiger partial charge in [-0.3, -0.25) is 4.90 Å². The van der Waals surface area contributed by atoms with Crippen LogP contribution >= 0.6 is 0 Å². The number of ether oxygens (including phenoxy) is 2. The van der Waals surface area contributed by atoms with Gasteiger partial charge in [0.25, 0.3) is 0 Å². The van der Waals surface area contributed by atoms with Crippen molar-refractivity contribution in [3.63, 3.8) is 0 Å². The monoisotopic (exact) mass is 393 g/mol. The van der Waals surface area contributed by atoms with Gasteiger partial charge in [-0.1, -0.05) is 23.8 Å². The van der Waals surface area contributed by atoms with Crippen molar-refractivity contribution in [1.29, 1.82) is 0 Å². The van der Waals surface area contributed by atoms with Crippen molar-refractivity contribution in [2.45, 2.75) is 45.8 Å². The van der Waals surface area contributed by atoms with Gasteiger partial charge in [0.15, 0.2) is 0 Å². The summed E-state index contributed by atoms with van der Waals surface area (Å²) >= 11 is 0. The Kier molecular flexibility index (Phi) is 10.3. The van der Waals surface area contributed by atoms with E-state index in [0.717, 1.165) is 44.8 Å². The number of carbonyl (C=O) groups is 2. The van der Waals surface area contributed by atoms with E-state index in [4.69, 9.17) is 29.3 Å². The van der Waals surface area contributed by atoms with E-state index in [1.54, 1.807) is 0 Å². The normalized spacial score (nSPS) is 19.2. The maximum absolute atomic E-state index is 9.10. The molecule has 1 aromatic carbocycles. The van der Waals surface area contributed by atoms with Gasteiger partial charge in [-0.15, -0.1) is 6.58 Å². The van der Waals surface area contributed by atoms with Crippen LogP contribution in [0, 0.1) is 6.92 Å². The van der Waals surface area contributed by atoms with E-state index in [1.165, 1.54) is 11.1 Å². The lowest BCUT2D eigenvalue weighted by Crippen LogP contribution is -2.45. The smallest absolute Gasteiger partial charge is 0.414 e. The van der Waals surface area contributed by atoms with E-state index in [0.29, 0.717) is 12.2 Å². The van der Waals surface area contributed by atoms with Crippen molar-refractivity contribution in [2.75, 3.05) is 26.2 Å². The maximum atomic E-state index is 9.10. The molecule has 2 unspecified atom stereocenters. The number of benzene rings is 1. The number of morpholine rings is 1. The predicted octanol–water partition coefficient (Wildman–Crippen LogP) is 2.76. The summed E-state index contributed by atoms with van der Waals surface area (Å²) in [5.41, 5.74) is 2.49. The van der Waals surface area contributed by atoms with Crippen LogP contribution in [0.1, 0.15) is 31.4 Å². The standard InChI is InChI=1S/C19H29NO2.C2H2O4/c1-5-7-18-12-15(2)8-9-19(18)21-11-6-10-20-13-16(3)22-17(4)14-20;3-1(4)2(5)6/h5,8-9,12,16-17H,1,6-7,10-11,13-14H2,2-4H3;(H,3,4)(H,5,6). The van der Waals surface area contributed by atoms with Crippen LogP contribution in [-0.4, -0.2) is 65.5 Å². The van der Waals surface area contributed by atoms with Gasteiger partial charge in [0.2, 0.25) is 0 Å². The molecule has 0 amide bonds. The summed E-state index contributed by atoms with van der Waals surface area (Å²) in [4.78, 5) is 20.7. The Hall–Kier alpha value is -2.38. The second-order valence-electron chi connectivity index (χ2n) is 6.93. The van der Waals surface area contributed by atoms with E-state index in [-0.39, 0.29) is 0 Å². The van der Waals surface area contributed by atoms with Gasteiger partial charge in [-0.2, -0.15) is 0 Å². The highest BCUT2D eigenvalue weighted by Crippen LogP contribution is 2.21. The summed E-state index contributed by atoms with van der Waals surface area (Å²) in [5, 5.41) is 14.8. The summed E-state index contributed by atoms with van der Waals surface area (Å²) in [5.74, 6) is -2.65. The summed E-state index contributed by atoms with van der Waals surface area (Å²) in [6, 6.07) is 6.36. The Morgan fingerprint density at radius 3 is 2.39 bits per heavy atom. The fourth-order valence-electron chi connectivity index (χ4n) is 3.10. The van der Waals surface area contributed by atoms with Crippen molar-refractivity contribution in [1.82, 2.24) is 4.90 Å². The quantitative estimate of drug-likeness (QED) is 0.418. The molecule has 7 nitrogen and oxygen atoms in total. The molecule has 2 atom stereocenters. The average molecular weight is 393 g/mol. The summed E-state index contributed by atoms with van der Waals surface area (Å²) in [7, 11) is 0. The minimum Gasteiger partial charge on any atom is -0.493 e. The zero-order chi connectivity index (χ0) is 21.1. The maximum Gasteiger partial charge on any atom is 0.414 e. The first-order chi connectivity index (χ1) is 13.2. The van der Waals surface area contributed by atoms with Crippen molar-refractivity contribution in [3.05, 3.63) is 42.0 Å². The number of allylic oxidation sites excluding steroid dienone is 1. The summed E-state index contributed by atoms with van der Waals surface area (Å²) in [6.07, 6.45) is 4.50. The first-order valence-corrected chi connectivity index (χ1v) is 9.40. The minimum atomic E-state index is -1.82. The Morgan fingerprint density at radius 2 is 1.86 bits per heavy atom. The van der Waals surface area contributed by atoms with Gasteiger partial charge < -0.3 is 19.7 Å². The van der Waals surface area contributed by atoms with E-state index in [9.17, 15) is 0 Å². The first kappa shape index (κ1) is 23.7. The SMILES string of the molecule is C=CCc1cc(C)ccc1OCCCN1CC(C)OC(C)C1.O=C(O)C(=O)O. The minimum absolute atomic E-state index is 0.334. The van der Waals surface area contributed by atoms with E-state index in [1.807, 2.05) is 6.08 Å². The number of carboxylic acid groups (broad SMARTS) is 2. The molecule has 1 aliphatic heterocycles. The van der Waals surface area contributed by atoms with Crippen LogP contribution in [0.2, 0.25) is 0 Å². The molecule has 2 rings (SSSR count). The molecule has 1 aliphatic rings. The molecule has 7 heteroatoms. The molecule has 156 valence electrons. The number of hydrogen-bond acceptors (Lipinski definition) is 5. The van der Waals surface area contributed by atoms with Crippen LogP contribution in [0.15, 0.2) is 30.9 Å². The molecule has 2 N–H and O–H groups in total. The van der Waals surface area contributed by atoms with Gasteiger partial charge in [0, 0.05) is 19.6 Å². The molecule has 0 aliphatic carbocycles. The number of rotatable bonds is 7. The summed E-state index contributed by atoms with van der Waals surface area (Å²) in [6.45, 7) is 14.1. The lowest BCUT2D eigenvalue weighted by atomic mass is 10.1. The Labute approximate surface area is 166 Å². The molecule has 1 fully saturated rings. The summed E-state index contributed by atoms with van der Waals surface area (Å²) < 4.78 is 11.7. The highest BCUT2D eigenvalue weighted by molar-refractivity contribution is 6.27. The highest BCUT2D eigenvalue weighted by atomic mass is 16.5. The van der Waals surface area contributed by atoms with Crippen molar-refractivity contribution in [3.8, 4) is 5.75 Å². The molecule has 1 saturated heterocycles. The highest BCUT2D eigenvalue weighted by Gasteiger charge is 2.21. The fourth-order valence-corrected chi connectivity index (χ4v) is 3.10. The zero-order valence-electron chi connectivity index (χ0n) is 16.9. The molecule has 0 radical (unpaired) electrons. The molecule has 28 heavy (non-hydrogen) atoms. The molecule has 0 spiro atoms. The third-order valence-corrected chi connectivity index (χ3v) is 4.13. The molecular weight excluding hydrogens is 362 g/mol. The van der Waals surface area contributed by atoms with E-state index < -0.39 is 11.9 Å². The van der Waals surface area contributed by atoms with Crippen molar-refractivity contribution < 1.29 is 29.3 Å². The van der Waals surface area contributed by atoms with Crippen LogP contribution in [-0.2, 0) is 20.7 Å². The van der Waals surface area contributed by atoms with E-state index in [2.05, 4.69) is 50.4 Å².